The minimum Gasteiger partial charge on any atom is -0.348 e. The van der Waals surface area contributed by atoms with Gasteiger partial charge in [0, 0.05) is 22.8 Å². The summed E-state index contributed by atoms with van der Waals surface area (Å²) in [5.74, 6) is -0.332. The summed E-state index contributed by atoms with van der Waals surface area (Å²) < 4.78 is 1.37. The molecule has 5 nitrogen and oxygen atoms in total. The van der Waals surface area contributed by atoms with Gasteiger partial charge >= 0.3 is 0 Å². The van der Waals surface area contributed by atoms with Crippen LogP contribution in [0.1, 0.15) is 15.9 Å². The average Bonchev–Trinajstić information content (AvgIpc) is 2.66. The van der Waals surface area contributed by atoms with E-state index in [-0.39, 0.29) is 17.1 Å². The van der Waals surface area contributed by atoms with E-state index < -0.39 is 0 Å². The van der Waals surface area contributed by atoms with E-state index >= 15 is 0 Å². The Morgan fingerprint density at radius 3 is 2.67 bits per heavy atom. The molecule has 0 bridgehead atoms. The lowest BCUT2D eigenvalue weighted by Crippen LogP contribution is -2.25. The summed E-state index contributed by atoms with van der Waals surface area (Å²) in [4.78, 5) is 29.9. The Morgan fingerprint density at radius 2 is 1.85 bits per heavy atom. The summed E-state index contributed by atoms with van der Waals surface area (Å²) in [6.45, 7) is 0.310. The number of nitrogens with one attached hydrogen (secondary N) is 1. The summed E-state index contributed by atoms with van der Waals surface area (Å²) in [6, 6.07) is 15.4. The van der Waals surface area contributed by atoms with Crippen LogP contribution in [0, 0.1) is 0 Å². The molecule has 0 aliphatic rings. The molecule has 4 aromatic rings. The van der Waals surface area contributed by atoms with Gasteiger partial charge < -0.3 is 5.32 Å². The molecule has 0 aliphatic carbocycles. The van der Waals surface area contributed by atoms with E-state index in [0.29, 0.717) is 33.1 Å². The van der Waals surface area contributed by atoms with Crippen molar-refractivity contribution in [3.05, 3.63) is 92.3 Å². The molecule has 0 fully saturated rings. The number of amides is 1. The third-order valence-electron chi connectivity index (χ3n) is 4.19. The van der Waals surface area contributed by atoms with Gasteiger partial charge in [0.1, 0.15) is 0 Å². The van der Waals surface area contributed by atoms with Crippen molar-refractivity contribution in [2.24, 2.45) is 0 Å². The highest BCUT2D eigenvalue weighted by Gasteiger charge is 2.14. The number of aromatic nitrogens is 2. The summed E-state index contributed by atoms with van der Waals surface area (Å²) in [7, 11) is 0. The lowest BCUT2D eigenvalue weighted by Gasteiger charge is -2.10. The lowest BCUT2D eigenvalue weighted by atomic mass is 10.2. The highest BCUT2D eigenvalue weighted by atomic mass is 35.5. The van der Waals surface area contributed by atoms with E-state index in [0.717, 1.165) is 5.56 Å². The van der Waals surface area contributed by atoms with E-state index in [1.54, 1.807) is 48.7 Å². The topological polar surface area (TPSA) is 63.5 Å². The van der Waals surface area contributed by atoms with E-state index in [9.17, 15) is 9.59 Å². The summed E-state index contributed by atoms with van der Waals surface area (Å²) in [6.07, 6.45) is 1.59. The van der Waals surface area contributed by atoms with Crippen LogP contribution in [0.5, 0.6) is 0 Å². The third-order valence-corrected chi connectivity index (χ3v) is 4.66. The normalized spacial score (nSPS) is 11.0. The van der Waals surface area contributed by atoms with Crippen LogP contribution < -0.4 is 10.9 Å². The molecule has 27 heavy (non-hydrogen) atoms. The zero-order valence-electron chi connectivity index (χ0n) is 13.9. The van der Waals surface area contributed by atoms with Crippen molar-refractivity contribution in [3.8, 4) is 0 Å². The predicted octanol–water partition coefficient (Wildman–Crippen LogP) is 4.08. The fourth-order valence-electron chi connectivity index (χ4n) is 2.90. The molecule has 2 heterocycles. The van der Waals surface area contributed by atoms with Gasteiger partial charge in [-0.05, 0) is 48.0 Å². The molecule has 0 atom stereocenters. The van der Waals surface area contributed by atoms with Gasteiger partial charge in [0.15, 0.2) is 5.65 Å². The molecule has 134 valence electrons. The van der Waals surface area contributed by atoms with Crippen LogP contribution in [-0.2, 0) is 6.54 Å². The van der Waals surface area contributed by atoms with E-state index in [1.807, 2.05) is 12.1 Å². The molecule has 4 rings (SSSR count). The Labute approximate surface area is 164 Å². The van der Waals surface area contributed by atoms with Crippen molar-refractivity contribution >= 4 is 45.7 Å². The molecular weight excluding hydrogens is 385 g/mol. The number of carbonyl (C=O) groups excluding carboxylic acids is 1. The number of benzene rings is 2. The molecule has 0 spiro atoms. The van der Waals surface area contributed by atoms with Crippen LogP contribution in [0.2, 0.25) is 10.0 Å². The number of hydrogen-bond donors (Lipinski definition) is 1. The van der Waals surface area contributed by atoms with Crippen molar-refractivity contribution < 1.29 is 4.79 Å². The minimum absolute atomic E-state index is 0.254. The molecule has 0 aliphatic heterocycles. The molecule has 2 aromatic carbocycles. The SMILES string of the molecule is O=C(NCc1cccc(Cl)c1)c1cccn2c(=O)c3ccc(Cl)cc3nc12. The molecule has 0 unspecified atom stereocenters. The number of carbonyl (C=O) groups is 1. The Balaban J connectivity index is 1.76. The largest absolute Gasteiger partial charge is 0.348 e. The second kappa shape index (κ2) is 7.02. The Hall–Kier alpha value is -2.89. The summed E-state index contributed by atoms with van der Waals surface area (Å²) in [5, 5.41) is 4.35. The van der Waals surface area contributed by atoms with Gasteiger partial charge in [-0.2, -0.15) is 0 Å². The first-order valence-corrected chi connectivity index (χ1v) is 8.92. The second-order valence-electron chi connectivity index (χ2n) is 6.01. The van der Waals surface area contributed by atoms with Crippen LogP contribution in [-0.4, -0.2) is 15.3 Å². The van der Waals surface area contributed by atoms with Crippen LogP contribution in [0.25, 0.3) is 16.6 Å². The van der Waals surface area contributed by atoms with Gasteiger partial charge in [0.05, 0.1) is 16.5 Å². The first-order chi connectivity index (χ1) is 13.0. The number of pyridine rings is 1. The molecule has 7 heteroatoms. The van der Waals surface area contributed by atoms with Crippen LogP contribution in [0.4, 0.5) is 0 Å². The van der Waals surface area contributed by atoms with Crippen molar-refractivity contribution in [1.82, 2.24) is 14.7 Å². The van der Waals surface area contributed by atoms with Crippen molar-refractivity contribution in [2.45, 2.75) is 6.54 Å². The quantitative estimate of drug-likeness (QED) is 0.529. The van der Waals surface area contributed by atoms with Gasteiger partial charge in [0.2, 0.25) is 0 Å². The summed E-state index contributed by atoms with van der Waals surface area (Å²) in [5.41, 5.74) is 1.65. The minimum atomic E-state index is -0.332. The van der Waals surface area contributed by atoms with Gasteiger partial charge in [-0.25, -0.2) is 4.98 Å². The van der Waals surface area contributed by atoms with E-state index in [4.69, 9.17) is 23.2 Å². The Bertz CT molecular complexity index is 1250. The zero-order chi connectivity index (χ0) is 19.0. The number of hydrogen-bond acceptors (Lipinski definition) is 3. The maximum atomic E-state index is 12.7. The number of nitrogens with zero attached hydrogens (tertiary/aromatic N) is 2. The average molecular weight is 398 g/mol. The molecule has 0 radical (unpaired) electrons. The smallest absolute Gasteiger partial charge is 0.265 e. The molecule has 1 amide bonds. The highest BCUT2D eigenvalue weighted by Crippen LogP contribution is 2.17. The maximum Gasteiger partial charge on any atom is 0.265 e. The van der Waals surface area contributed by atoms with Crippen LogP contribution in [0.15, 0.2) is 65.6 Å². The predicted molar refractivity (Wildman–Crippen MR) is 107 cm³/mol. The molecule has 1 N–H and O–H groups in total. The molecule has 0 saturated heterocycles. The fraction of sp³-hybridized carbons (Fsp3) is 0.0500. The Kier molecular flexibility index (Phi) is 4.56. The first kappa shape index (κ1) is 17.5. The fourth-order valence-corrected chi connectivity index (χ4v) is 3.28. The van der Waals surface area contributed by atoms with Gasteiger partial charge in [-0.3, -0.25) is 14.0 Å². The first-order valence-electron chi connectivity index (χ1n) is 8.16. The molecular formula is C20H13Cl2N3O2. The van der Waals surface area contributed by atoms with Crippen LogP contribution >= 0.6 is 23.2 Å². The van der Waals surface area contributed by atoms with Crippen molar-refractivity contribution in [1.29, 1.82) is 0 Å². The third kappa shape index (κ3) is 3.39. The zero-order valence-corrected chi connectivity index (χ0v) is 15.5. The standard InChI is InChI=1S/C20H13Cl2N3O2/c21-13-4-1-3-12(9-13)11-23-19(26)16-5-2-8-25-18(16)24-17-10-14(22)6-7-15(17)20(25)27/h1-10H,11H2,(H,23,26). The van der Waals surface area contributed by atoms with Crippen LogP contribution in [0.3, 0.4) is 0 Å². The molecule has 2 aromatic heterocycles. The monoisotopic (exact) mass is 397 g/mol. The number of rotatable bonds is 3. The maximum absolute atomic E-state index is 12.7. The van der Waals surface area contributed by atoms with Crippen molar-refractivity contribution in [3.63, 3.8) is 0 Å². The van der Waals surface area contributed by atoms with Gasteiger partial charge in [-0.15, -0.1) is 0 Å². The van der Waals surface area contributed by atoms with E-state index in [2.05, 4.69) is 10.3 Å². The highest BCUT2D eigenvalue weighted by molar-refractivity contribution is 6.31. The number of halogens is 2. The summed E-state index contributed by atoms with van der Waals surface area (Å²) >= 11 is 12.0. The van der Waals surface area contributed by atoms with E-state index in [1.165, 1.54) is 4.40 Å². The van der Waals surface area contributed by atoms with Gasteiger partial charge in [-0.1, -0.05) is 35.3 Å². The van der Waals surface area contributed by atoms with Gasteiger partial charge in [0.25, 0.3) is 11.5 Å². The lowest BCUT2D eigenvalue weighted by molar-refractivity contribution is 0.0952. The molecule has 0 saturated carbocycles. The number of fused-ring (bicyclic) bond motifs is 2. The van der Waals surface area contributed by atoms with Crippen molar-refractivity contribution in [2.75, 3.05) is 0 Å². The Morgan fingerprint density at radius 1 is 1.04 bits per heavy atom. The second-order valence-corrected chi connectivity index (χ2v) is 6.88.